The fraction of sp³-hybridized carbons (Fsp3) is 0.375. The van der Waals surface area contributed by atoms with E-state index < -0.39 is 5.82 Å². The van der Waals surface area contributed by atoms with Gasteiger partial charge in [0.25, 0.3) is 11.5 Å². The summed E-state index contributed by atoms with van der Waals surface area (Å²) in [5.74, 6) is 0.0910. The average Bonchev–Trinajstić information content (AvgIpc) is 3.57. The molecule has 2 fully saturated rings. The van der Waals surface area contributed by atoms with Gasteiger partial charge in [-0.2, -0.15) is 5.10 Å². The third-order valence-electron chi connectivity index (χ3n) is 6.26. The minimum Gasteiger partial charge on any atom is -0.335 e. The molecule has 6 nitrogen and oxygen atoms in total. The summed E-state index contributed by atoms with van der Waals surface area (Å²) in [6.07, 6.45) is 4.28. The second-order valence-corrected chi connectivity index (χ2v) is 8.63. The van der Waals surface area contributed by atoms with Crippen molar-refractivity contribution in [3.8, 4) is 0 Å². The number of nitrogens with one attached hydrogen (secondary N) is 2. The molecule has 1 saturated carbocycles. The summed E-state index contributed by atoms with van der Waals surface area (Å²) in [4.78, 5) is 26.5. The standard InChI is InChI=1S/C24H25FN4O2/c25-21-8-7-16(12-22-18-3-1-2-4-19(18)23(30)28-27-22)11-20(21)24(31)29-13-17(14-29)26-10-9-15-5-6-15/h1-4,7-8,11,15,17,26H,5-6,9-10,12-14H2,(H,28,30). The van der Waals surface area contributed by atoms with E-state index in [2.05, 4.69) is 15.5 Å². The highest BCUT2D eigenvalue weighted by molar-refractivity contribution is 5.95. The number of aromatic amines is 1. The number of rotatable bonds is 7. The van der Waals surface area contributed by atoms with Gasteiger partial charge in [-0.15, -0.1) is 0 Å². The van der Waals surface area contributed by atoms with Crippen molar-refractivity contribution in [3.05, 3.63) is 75.5 Å². The molecule has 2 aromatic carbocycles. The van der Waals surface area contributed by atoms with Crippen molar-refractivity contribution in [2.75, 3.05) is 19.6 Å². The molecule has 0 unspecified atom stereocenters. The van der Waals surface area contributed by atoms with Crippen LogP contribution >= 0.6 is 0 Å². The van der Waals surface area contributed by atoms with Gasteiger partial charge in [-0.3, -0.25) is 9.59 Å². The Morgan fingerprint density at radius 1 is 1.16 bits per heavy atom. The van der Waals surface area contributed by atoms with Crippen LogP contribution in [0.5, 0.6) is 0 Å². The Morgan fingerprint density at radius 2 is 1.94 bits per heavy atom. The molecule has 1 saturated heterocycles. The quantitative estimate of drug-likeness (QED) is 0.616. The van der Waals surface area contributed by atoms with Gasteiger partial charge in [0.1, 0.15) is 5.82 Å². The van der Waals surface area contributed by atoms with Gasteiger partial charge >= 0.3 is 0 Å². The molecule has 1 amide bonds. The molecule has 2 heterocycles. The molecule has 2 aliphatic rings. The van der Waals surface area contributed by atoms with E-state index >= 15 is 0 Å². The first-order chi connectivity index (χ1) is 15.1. The molecular weight excluding hydrogens is 395 g/mol. The van der Waals surface area contributed by atoms with Crippen molar-refractivity contribution in [1.82, 2.24) is 20.4 Å². The predicted molar refractivity (Wildman–Crippen MR) is 117 cm³/mol. The largest absolute Gasteiger partial charge is 0.335 e. The lowest BCUT2D eigenvalue weighted by molar-refractivity contribution is 0.0562. The second kappa shape index (κ2) is 8.23. The van der Waals surface area contributed by atoms with Crippen LogP contribution < -0.4 is 10.9 Å². The number of carbonyl (C=O) groups is 1. The number of H-pyrrole nitrogens is 1. The van der Waals surface area contributed by atoms with Gasteiger partial charge in [0.2, 0.25) is 0 Å². The number of amides is 1. The third-order valence-corrected chi connectivity index (χ3v) is 6.26. The van der Waals surface area contributed by atoms with Crippen LogP contribution in [0.15, 0.2) is 47.3 Å². The van der Waals surface area contributed by atoms with Gasteiger partial charge in [-0.1, -0.05) is 37.1 Å². The lowest BCUT2D eigenvalue weighted by Crippen LogP contribution is -2.60. The molecule has 7 heteroatoms. The number of carbonyl (C=O) groups excluding carboxylic acids is 1. The fourth-order valence-electron chi connectivity index (χ4n) is 4.19. The summed E-state index contributed by atoms with van der Waals surface area (Å²) in [6, 6.07) is 12.1. The lowest BCUT2D eigenvalue weighted by atomic mass is 10.0. The van der Waals surface area contributed by atoms with E-state index in [-0.39, 0.29) is 17.0 Å². The minimum atomic E-state index is -0.516. The summed E-state index contributed by atoms with van der Waals surface area (Å²) in [5.41, 5.74) is 1.30. The molecule has 31 heavy (non-hydrogen) atoms. The first-order valence-corrected chi connectivity index (χ1v) is 10.9. The molecule has 3 aromatic rings. The highest BCUT2D eigenvalue weighted by atomic mass is 19.1. The van der Waals surface area contributed by atoms with Crippen LogP contribution in [-0.4, -0.2) is 46.7 Å². The average molecular weight is 420 g/mol. The number of benzene rings is 2. The van der Waals surface area contributed by atoms with E-state index in [1.807, 2.05) is 12.1 Å². The summed E-state index contributed by atoms with van der Waals surface area (Å²) >= 11 is 0. The van der Waals surface area contributed by atoms with Crippen molar-refractivity contribution in [2.45, 2.75) is 31.7 Å². The normalized spacial score (nSPS) is 16.5. The predicted octanol–water partition coefficient (Wildman–Crippen LogP) is 2.87. The number of halogens is 1. The van der Waals surface area contributed by atoms with Gasteiger partial charge in [0, 0.05) is 30.9 Å². The van der Waals surface area contributed by atoms with Crippen molar-refractivity contribution in [3.63, 3.8) is 0 Å². The zero-order valence-corrected chi connectivity index (χ0v) is 17.2. The van der Waals surface area contributed by atoms with Gasteiger partial charge in [0.05, 0.1) is 16.6 Å². The smallest absolute Gasteiger partial charge is 0.272 e. The molecule has 1 aromatic heterocycles. The number of aromatic nitrogens is 2. The van der Waals surface area contributed by atoms with E-state index in [1.165, 1.54) is 25.3 Å². The number of hydrogen-bond acceptors (Lipinski definition) is 4. The van der Waals surface area contributed by atoms with Crippen LogP contribution in [0.2, 0.25) is 0 Å². The topological polar surface area (TPSA) is 78.1 Å². The Morgan fingerprint density at radius 3 is 2.71 bits per heavy atom. The molecule has 5 rings (SSSR count). The van der Waals surface area contributed by atoms with Crippen molar-refractivity contribution in [2.24, 2.45) is 5.92 Å². The van der Waals surface area contributed by atoms with Crippen LogP contribution in [0.1, 0.15) is 40.9 Å². The molecule has 1 aliphatic carbocycles. The number of hydrogen-bond donors (Lipinski definition) is 2. The second-order valence-electron chi connectivity index (χ2n) is 8.63. The maximum absolute atomic E-state index is 14.5. The van der Waals surface area contributed by atoms with E-state index in [1.54, 1.807) is 29.2 Å². The van der Waals surface area contributed by atoms with Crippen LogP contribution in [0.3, 0.4) is 0 Å². The SMILES string of the molecule is O=C(c1cc(Cc2n[nH]c(=O)c3ccccc23)ccc1F)N1CC(NCCC2CC2)C1. The lowest BCUT2D eigenvalue weighted by Gasteiger charge is -2.40. The molecule has 160 valence electrons. The summed E-state index contributed by atoms with van der Waals surface area (Å²) in [7, 11) is 0. The first kappa shape index (κ1) is 19.9. The molecule has 0 spiro atoms. The molecule has 0 atom stereocenters. The monoisotopic (exact) mass is 420 g/mol. The Balaban J connectivity index is 1.28. The first-order valence-electron chi connectivity index (χ1n) is 10.9. The van der Waals surface area contributed by atoms with Crippen molar-refractivity contribution in [1.29, 1.82) is 0 Å². The number of nitrogens with zero attached hydrogens (tertiary/aromatic N) is 2. The summed E-state index contributed by atoms with van der Waals surface area (Å²) in [6.45, 7) is 2.21. The van der Waals surface area contributed by atoms with E-state index in [0.717, 1.165) is 23.4 Å². The Bertz CT molecular complexity index is 1180. The molecule has 0 radical (unpaired) electrons. The van der Waals surface area contributed by atoms with Crippen LogP contribution in [0.25, 0.3) is 10.8 Å². The molecule has 0 bridgehead atoms. The Hall–Kier alpha value is -3.06. The zero-order valence-electron chi connectivity index (χ0n) is 17.2. The van der Waals surface area contributed by atoms with Crippen LogP contribution in [0.4, 0.5) is 4.39 Å². The van der Waals surface area contributed by atoms with Gasteiger partial charge < -0.3 is 10.2 Å². The minimum absolute atomic E-state index is 0.0858. The van der Waals surface area contributed by atoms with E-state index in [4.69, 9.17) is 0 Å². The third kappa shape index (κ3) is 4.23. The summed E-state index contributed by atoms with van der Waals surface area (Å²) < 4.78 is 14.5. The van der Waals surface area contributed by atoms with Gasteiger partial charge in [-0.25, -0.2) is 9.49 Å². The molecular formula is C24H25FN4O2. The van der Waals surface area contributed by atoms with Gasteiger partial charge in [0.15, 0.2) is 0 Å². The van der Waals surface area contributed by atoms with Crippen molar-refractivity contribution < 1.29 is 9.18 Å². The number of likely N-dealkylation sites (tertiary alicyclic amines) is 1. The highest BCUT2D eigenvalue weighted by Gasteiger charge is 2.32. The van der Waals surface area contributed by atoms with Crippen molar-refractivity contribution >= 4 is 16.7 Å². The van der Waals surface area contributed by atoms with E-state index in [9.17, 15) is 14.0 Å². The fourth-order valence-corrected chi connectivity index (χ4v) is 4.19. The Kier molecular flexibility index (Phi) is 5.28. The maximum Gasteiger partial charge on any atom is 0.272 e. The van der Waals surface area contributed by atoms with E-state index in [0.29, 0.717) is 36.6 Å². The Labute approximate surface area is 179 Å². The number of fused-ring (bicyclic) bond motifs is 1. The maximum atomic E-state index is 14.5. The van der Waals surface area contributed by atoms with Crippen LogP contribution in [0, 0.1) is 11.7 Å². The highest BCUT2D eigenvalue weighted by Crippen LogP contribution is 2.31. The summed E-state index contributed by atoms with van der Waals surface area (Å²) in [5, 5.41) is 11.5. The van der Waals surface area contributed by atoms with Crippen LogP contribution in [-0.2, 0) is 6.42 Å². The zero-order chi connectivity index (χ0) is 21.4. The van der Waals surface area contributed by atoms with Gasteiger partial charge in [-0.05, 0) is 42.6 Å². The molecule has 2 N–H and O–H groups in total. The molecule has 1 aliphatic heterocycles.